The monoisotopic (exact) mass is 244 g/mol. The van der Waals surface area contributed by atoms with Gasteiger partial charge in [-0.2, -0.15) is 0 Å². The van der Waals surface area contributed by atoms with Crippen LogP contribution in [0, 0.1) is 0 Å². The summed E-state index contributed by atoms with van der Waals surface area (Å²) in [5.41, 5.74) is 0. The van der Waals surface area contributed by atoms with Crippen molar-refractivity contribution in [2.75, 3.05) is 6.61 Å². The van der Waals surface area contributed by atoms with E-state index in [0.717, 1.165) is 11.5 Å². The van der Waals surface area contributed by atoms with Gasteiger partial charge in [0.2, 0.25) is 0 Å². The Balaban J connectivity index is 1.82. The van der Waals surface area contributed by atoms with Crippen molar-refractivity contribution in [3.63, 3.8) is 0 Å². The van der Waals surface area contributed by atoms with Gasteiger partial charge in [0, 0.05) is 0 Å². The van der Waals surface area contributed by atoms with Crippen molar-refractivity contribution in [2.24, 2.45) is 0 Å². The van der Waals surface area contributed by atoms with Crippen LogP contribution in [0.25, 0.3) is 0 Å². The Hall–Kier alpha value is -1.53. The van der Waals surface area contributed by atoms with Crippen molar-refractivity contribution in [3.8, 4) is 11.5 Å². The Morgan fingerprint density at radius 3 is 2.88 bits per heavy atom. The van der Waals surface area contributed by atoms with Crippen LogP contribution < -0.4 is 9.47 Å². The third-order valence-electron chi connectivity index (χ3n) is 2.70. The Morgan fingerprint density at radius 1 is 1.06 bits per heavy atom. The number of allylic oxidation sites excluding steroid dienone is 4. The third kappa shape index (κ3) is 2.27. The van der Waals surface area contributed by atoms with Gasteiger partial charge in [-0.25, -0.2) is 0 Å². The van der Waals surface area contributed by atoms with Gasteiger partial charge in [0.1, 0.15) is 6.61 Å². The second kappa shape index (κ2) is 4.77. The molecule has 0 radical (unpaired) electrons. The molecule has 3 heteroatoms. The predicted molar refractivity (Wildman–Crippen MR) is 71.0 cm³/mol. The Bertz CT molecular complexity index is 503. The van der Waals surface area contributed by atoms with Gasteiger partial charge in [-0.1, -0.05) is 50.8 Å². The molecule has 1 aromatic carbocycles. The lowest BCUT2D eigenvalue weighted by molar-refractivity contribution is 0.120. The van der Waals surface area contributed by atoms with E-state index < -0.39 is 0 Å². The second-order valence-corrected chi connectivity index (χ2v) is 5.07. The van der Waals surface area contributed by atoms with Gasteiger partial charge in [0.25, 0.3) is 0 Å². The number of benzene rings is 1. The number of rotatable bonds is 1. The first-order valence-electron chi connectivity index (χ1n) is 5.62. The van der Waals surface area contributed by atoms with Crippen molar-refractivity contribution in [2.45, 2.75) is 6.10 Å². The SMILES string of the molecule is C1=CC=C(C2COc3ccccc3O2)PC=C1. The van der Waals surface area contributed by atoms with E-state index in [1.54, 1.807) is 0 Å². The van der Waals surface area contributed by atoms with Crippen molar-refractivity contribution < 1.29 is 9.47 Å². The van der Waals surface area contributed by atoms with Crippen molar-refractivity contribution in [1.29, 1.82) is 0 Å². The Labute approximate surface area is 102 Å². The summed E-state index contributed by atoms with van der Waals surface area (Å²) >= 11 is 0. The van der Waals surface area contributed by atoms with Gasteiger partial charge < -0.3 is 9.47 Å². The first kappa shape index (κ1) is 10.6. The number of hydrogen-bond acceptors (Lipinski definition) is 2. The average molecular weight is 244 g/mol. The molecular formula is C14H13O2P. The summed E-state index contributed by atoms with van der Waals surface area (Å²) in [5, 5.41) is 1.28. The van der Waals surface area contributed by atoms with Gasteiger partial charge in [-0.15, -0.1) is 0 Å². The molecule has 2 nitrogen and oxygen atoms in total. The highest BCUT2D eigenvalue weighted by atomic mass is 31.1. The van der Waals surface area contributed by atoms with Crippen LogP contribution >= 0.6 is 8.58 Å². The summed E-state index contributed by atoms with van der Waals surface area (Å²) in [4.78, 5) is 0. The van der Waals surface area contributed by atoms with Crippen molar-refractivity contribution >= 4 is 8.58 Å². The van der Waals surface area contributed by atoms with Crippen LogP contribution in [-0.2, 0) is 0 Å². The van der Waals surface area contributed by atoms with E-state index in [9.17, 15) is 0 Å². The second-order valence-electron chi connectivity index (χ2n) is 3.87. The minimum Gasteiger partial charge on any atom is -0.485 e. The summed E-state index contributed by atoms with van der Waals surface area (Å²) in [5.74, 6) is 3.85. The summed E-state index contributed by atoms with van der Waals surface area (Å²) in [6.45, 7) is 0.595. The number of hydrogen-bond donors (Lipinski definition) is 0. The number of ether oxygens (including phenoxy) is 2. The quantitative estimate of drug-likeness (QED) is 0.704. The zero-order valence-corrected chi connectivity index (χ0v) is 10.3. The molecule has 0 fully saturated rings. The molecule has 1 aromatic rings. The highest BCUT2D eigenvalue weighted by Crippen LogP contribution is 2.37. The molecule has 2 unspecified atom stereocenters. The highest BCUT2D eigenvalue weighted by Gasteiger charge is 2.23. The predicted octanol–water partition coefficient (Wildman–Crippen LogP) is 3.47. The van der Waals surface area contributed by atoms with E-state index in [-0.39, 0.29) is 6.10 Å². The molecule has 2 atom stereocenters. The summed E-state index contributed by atoms with van der Waals surface area (Å²) in [7, 11) is 0.667. The smallest absolute Gasteiger partial charge is 0.162 e. The molecular weight excluding hydrogens is 231 g/mol. The molecule has 86 valence electrons. The highest BCUT2D eigenvalue weighted by molar-refractivity contribution is 7.46. The fraction of sp³-hybridized carbons (Fsp3) is 0.143. The van der Waals surface area contributed by atoms with Gasteiger partial charge >= 0.3 is 0 Å². The third-order valence-corrected chi connectivity index (χ3v) is 3.88. The molecule has 0 N–H and O–H groups in total. The van der Waals surface area contributed by atoms with Crippen LogP contribution in [0.4, 0.5) is 0 Å². The molecule has 2 heterocycles. The molecule has 2 aliphatic rings. The molecule has 17 heavy (non-hydrogen) atoms. The van der Waals surface area contributed by atoms with E-state index in [2.05, 4.69) is 24.0 Å². The Kier molecular flexibility index (Phi) is 2.98. The first-order chi connectivity index (χ1) is 8.43. The fourth-order valence-corrected chi connectivity index (χ4v) is 2.76. The normalized spacial score (nSPS) is 23.3. The molecule has 0 bridgehead atoms. The first-order valence-corrected chi connectivity index (χ1v) is 6.69. The van der Waals surface area contributed by atoms with E-state index >= 15 is 0 Å². The molecule has 0 saturated heterocycles. The number of fused-ring (bicyclic) bond motifs is 1. The van der Waals surface area contributed by atoms with E-state index in [0.29, 0.717) is 15.2 Å². The minimum absolute atomic E-state index is 0.0376. The van der Waals surface area contributed by atoms with Crippen LogP contribution in [0.3, 0.4) is 0 Å². The molecule has 0 aromatic heterocycles. The fourth-order valence-electron chi connectivity index (χ4n) is 1.84. The number of para-hydroxylation sites is 2. The molecule has 0 aliphatic carbocycles. The van der Waals surface area contributed by atoms with Crippen molar-refractivity contribution in [1.82, 2.24) is 0 Å². The maximum absolute atomic E-state index is 5.97. The molecule has 0 saturated carbocycles. The topological polar surface area (TPSA) is 18.5 Å². The average Bonchev–Trinajstić information content (AvgIpc) is 2.67. The van der Waals surface area contributed by atoms with Crippen LogP contribution in [-0.4, -0.2) is 12.7 Å². The van der Waals surface area contributed by atoms with Crippen LogP contribution in [0.5, 0.6) is 11.5 Å². The lowest BCUT2D eigenvalue weighted by Gasteiger charge is -2.27. The van der Waals surface area contributed by atoms with Gasteiger partial charge in [0.05, 0.1) is 0 Å². The van der Waals surface area contributed by atoms with E-state index in [1.165, 1.54) is 5.31 Å². The minimum atomic E-state index is 0.0376. The van der Waals surface area contributed by atoms with E-state index in [1.807, 2.05) is 30.3 Å². The summed E-state index contributed by atoms with van der Waals surface area (Å²) in [6, 6.07) is 7.82. The maximum Gasteiger partial charge on any atom is 0.162 e. The Morgan fingerprint density at radius 2 is 1.94 bits per heavy atom. The summed E-state index contributed by atoms with van der Waals surface area (Å²) < 4.78 is 11.7. The standard InChI is InChI=1S/C14H13O2P/c1-2-8-14(17-9-5-1)13-10-15-11-6-3-4-7-12(11)16-13/h1-9,13,17H,10H2. The van der Waals surface area contributed by atoms with E-state index in [4.69, 9.17) is 9.47 Å². The zero-order valence-electron chi connectivity index (χ0n) is 9.30. The largest absolute Gasteiger partial charge is 0.485 e. The van der Waals surface area contributed by atoms with Gasteiger partial charge in [0.15, 0.2) is 17.6 Å². The van der Waals surface area contributed by atoms with Crippen LogP contribution in [0.15, 0.2) is 59.7 Å². The molecule has 0 amide bonds. The van der Waals surface area contributed by atoms with Crippen molar-refractivity contribution in [3.05, 3.63) is 59.7 Å². The maximum atomic E-state index is 5.97. The lowest BCUT2D eigenvalue weighted by Crippen LogP contribution is -2.29. The van der Waals surface area contributed by atoms with Crippen LogP contribution in [0.1, 0.15) is 0 Å². The van der Waals surface area contributed by atoms with Crippen LogP contribution in [0.2, 0.25) is 0 Å². The molecule has 2 aliphatic heterocycles. The molecule has 0 spiro atoms. The zero-order chi connectivity index (χ0) is 11.5. The van der Waals surface area contributed by atoms with Gasteiger partial charge in [-0.05, 0) is 17.4 Å². The summed E-state index contributed by atoms with van der Waals surface area (Å²) in [6.07, 6.45) is 8.32. The lowest BCUT2D eigenvalue weighted by atomic mass is 10.2. The molecule has 3 rings (SSSR count). The van der Waals surface area contributed by atoms with Gasteiger partial charge in [-0.3, -0.25) is 0 Å².